The van der Waals surface area contributed by atoms with Crippen molar-refractivity contribution in [2.45, 2.75) is 211 Å². The van der Waals surface area contributed by atoms with Crippen LogP contribution in [0, 0.1) is 0 Å². The van der Waals surface area contributed by atoms with E-state index in [2.05, 4.69) is 148 Å². The molecule has 0 radical (unpaired) electrons. The third-order valence-electron chi connectivity index (χ3n) is 11.7. The number of rotatable bonds is 45. The molecule has 0 saturated heterocycles. The third-order valence-corrected chi connectivity index (χ3v) is 12.7. The summed E-state index contributed by atoms with van der Waals surface area (Å²) in [6.07, 6.45) is 62.0. The summed E-state index contributed by atoms with van der Waals surface area (Å²) in [4.78, 5) is 23.3. The van der Waals surface area contributed by atoms with E-state index in [1.165, 1.54) is 25.7 Å². The Hall–Kier alpha value is -3.78. The molecule has 13 heteroatoms. The monoisotopic (exact) mass is 1050 g/mol. The molecule has 418 valence electrons. The first kappa shape index (κ1) is 68.2. The molecule has 1 aliphatic carbocycles. The molecule has 6 N–H and O–H groups in total. The number of esters is 1. The second-order valence-corrected chi connectivity index (χ2v) is 19.7. The van der Waals surface area contributed by atoms with Gasteiger partial charge in [0.1, 0.15) is 42.7 Å². The van der Waals surface area contributed by atoms with Crippen LogP contribution in [0.15, 0.2) is 146 Å². The first-order valence-corrected chi connectivity index (χ1v) is 29.2. The minimum absolute atomic E-state index is 0.0932. The molecule has 0 aliphatic heterocycles. The van der Waals surface area contributed by atoms with Gasteiger partial charge in [0.2, 0.25) is 0 Å². The van der Waals surface area contributed by atoms with Crippen LogP contribution in [0.5, 0.6) is 0 Å². The minimum Gasteiger partial charge on any atom is -0.457 e. The molecule has 6 atom stereocenters. The molecule has 1 saturated carbocycles. The highest BCUT2D eigenvalue weighted by Gasteiger charge is 2.51. The highest BCUT2D eigenvalue weighted by Crippen LogP contribution is 2.47. The van der Waals surface area contributed by atoms with Crippen LogP contribution in [-0.2, 0) is 27.9 Å². The Morgan fingerprint density at radius 3 is 1.15 bits per heavy atom. The highest BCUT2D eigenvalue weighted by molar-refractivity contribution is 7.47. The summed E-state index contributed by atoms with van der Waals surface area (Å²) < 4.78 is 34.3. The summed E-state index contributed by atoms with van der Waals surface area (Å²) in [6, 6.07) is 0. The number of allylic oxidation sites excluding steroid dienone is 24. The topological polar surface area (TPSA) is 192 Å². The number of phosphoric acid groups is 1. The van der Waals surface area contributed by atoms with Gasteiger partial charge in [0.25, 0.3) is 0 Å². The van der Waals surface area contributed by atoms with Gasteiger partial charge >= 0.3 is 13.8 Å². The van der Waals surface area contributed by atoms with Crippen LogP contribution in [0.1, 0.15) is 168 Å². The van der Waals surface area contributed by atoms with Gasteiger partial charge in [-0.1, -0.05) is 198 Å². The van der Waals surface area contributed by atoms with Crippen LogP contribution >= 0.6 is 7.82 Å². The molecule has 1 fully saturated rings. The van der Waals surface area contributed by atoms with Crippen molar-refractivity contribution >= 4 is 13.8 Å². The number of phosphoric ester groups is 1. The molecule has 6 unspecified atom stereocenters. The fourth-order valence-corrected chi connectivity index (χ4v) is 8.40. The predicted octanol–water partition coefficient (Wildman–Crippen LogP) is 13.3. The lowest BCUT2D eigenvalue weighted by Gasteiger charge is -2.41. The van der Waals surface area contributed by atoms with Gasteiger partial charge in [0.05, 0.1) is 13.2 Å². The second-order valence-electron chi connectivity index (χ2n) is 18.3. The number of unbranched alkanes of at least 4 members (excludes halogenated alkanes) is 9. The van der Waals surface area contributed by atoms with Crippen LogP contribution in [0.4, 0.5) is 0 Å². The number of hydrogen-bond acceptors (Lipinski definition) is 11. The molecule has 0 bridgehead atoms. The first-order chi connectivity index (χ1) is 36.0. The van der Waals surface area contributed by atoms with Gasteiger partial charge in [0.15, 0.2) is 0 Å². The number of aliphatic hydroxyl groups is 5. The van der Waals surface area contributed by atoms with Crippen LogP contribution in [0.3, 0.4) is 0 Å². The van der Waals surface area contributed by atoms with Gasteiger partial charge in [-0.2, -0.15) is 0 Å². The number of carbonyl (C=O) groups excluding carboxylic acids is 1. The summed E-state index contributed by atoms with van der Waals surface area (Å²) in [5.41, 5.74) is 0. The van der Waals surface area contributed by atoms with E-state index in [-0.39, 0.29) is 13.0 Å². The number of ether oxygens (including phenoxy) is 2. The SMILES string of the molecule is CC/C=C\C/C=C\C/C=C\C/C=C\C/C=C\C/C=C\C/C=C\CCCC(=O)OC(COCCCCCCCCCC/C=C\C/C=C\C/C=C\C/C=C\C/C=C\CC)COP(=O)(O)OC1C(O)C(O)C(O)C(O)C1O. The average molecular weight is 1050 g/mol. The van der Waals surface area contributed by atoms with Gasteiger partial charge in [-0.3, -0.25) is 13.8 Å². The average Bonchev–Trinajstić information content (AvgIpc) is 3.39. The Balaban J connectivity index is 2.38. The maximum Gasteiger partial charge on any atom is 0.472 e. The zero-order valence-corrected chi connectivity index (χ0v) is 46.0. The van der Waals surface area contributed by atoms with Crippen molar-refractivity contribution in [3.63, 3.8) is 0 Å². The van der Waals surface area contributed by atoms with Crippen molar-refractivity contribution in [2.75, 3.05) is 19.8 Å². The quantitative estimate of drug-likeness (QED) is 0.0147. The maximum atomic E-state index is 12.9. The molecule has 74 heavy (non-hydrogen) atoms. The van der Waals surface area contributed by atoms with E-state index in [9.17, 15) is 39.8 Å². The van der Waals surface area contributed by atoms with Gasteiger partial charge in [-0.05, 0) is 109 Å². The van der Waals surface area contributed by atoms with Crippen LogP contribution < -0.4 is 0 Å². The Bertz CT molecular complexity index is 1770. The van der Waals surface area contributed by atoms with Crippen molar-refractivity contribution in [1.82, 2.24) is 0 Å². The summed E-state index contributed by atoms with van der Waals surface area (Å²) in [7, 11) is -5.06. The van der Waals surface area contributed by atoms with Gasteiger partial charge in [-0.25, -0.2) is 4.57 Å². The normalized spacial score (nSPS) is 21.6. The van der Waals surface area contributed by atoms with E-state index in [1.54, 1.807) is 0 Å². The van der Waals surface area contributed by atoms with Crippen molar-refractivity contribution in [3.05, 3.63) is 146 Å². The number of aliphatic hydroxyl groups excluding tert-OH is 5. The summed E-state index contributed by atoms with van der Waals surface area (Å²) in [5, 5.41) is 50.4. The smallest absolute Gasteiger partial charge is 0.457 e. The molecule has 12 nitrogen and oxygen atoms in total. The zero-order chi connectivity index (χ0) is 54.0. The Labute approximate surface area is 446 Å². The molecule has 1 rings (SSSR count). The number of hydrogen-bond donors (Lipinski definition) is 6. The van der Waals surface area contributed by atoms with E-state index in [1.807, 2.05) is 12.2 Å². The molecule has 0 spiro atoms. The standard InChI is InChI=1S/C61H97O12P/c1-3-5-7-9-11-13-15-17-19-21-23-25-27-29-31-33-35-37-39-41-43-45-47-49-51-70-52-54(53-71-74(68,69)73-61-59(66)57(64)56(63)58(65)60(61)67)72-55(62)50-48-46-44-42-40-38-36-34-32-30-28-26-24-22-20-18-16-14-12-10-8-6-4-2/h5-8,11-14,17-20,23-26,29-32,36,38,42,44,54,56-61,63-67H,3-4,9-10,15-16,21-22,27-28,33-35,37,39-41,43,45-53H2,1-2H3,(H,68,69)/b7-5-,8-6-,13-11-,14-12-,19-17-,20-18-,25-23-,26-24-,31-29-,32-30-,38-36-,44-42-. The Morgan fingerprint density at radius 1 is 0.432 bits per heavy atom. The fourth-order valence-electron chi connectivity index (χ4n) is 7.43. The van der Waals surface area contributed by atoms with E-state index < -0.39 is 63.1 Å². The van der Waals surface area contributed by atoms with Crippen LogP contribution in [-0.4, -0.2) is 98.9 Å². The number of carbonyl (C=O) groups is 1. The van der Waals surface area contributed by atoms with Gasteiger partial charge in [-0.15, -0.1) is 0 Å². The maximum absolute atomic E-state index is 12.9. The lowest BCUT2D eigenvalue weighted by Crippen LogP contribution is -2.64. The van der Waals surface area contributed by atoms with Gasteiger partial charge < -0.3 is 39.9 Å². The van der Waals surface area contributed by atoms with Crippen molar-refractivity contribution in [2.24, 2.45) is 0 Å². The van der Waals surface area contributed by atoms with Crippen molar-refractivity contribution in [3.8, 4) is 0 Å². The molecule has 0 aromatic heterocycles. The lowest BCUT2D eigenvalue weighted by molar-refractivity contribution is -0.220. The van der Waals surface area contributed by atoms with Crippen molar-refractivity contribution in [1.29, 1.82) is 0 Å². The summed E-state index contributed by atoms with van der Waals surface area (Å²) in [6.45, 7) is 3.94. The molecular formula is C61H97O12P. The van der Waals surface area contributed by atoms with E-state index >= 15 is 0 Å². The summed E-state index contributed by atoms with van der Waals surface area (Å²) >= 11 is 0. The van der Waals surface area contributed by atoms with E-state index in [0.29, 0.717) is 19.4 Å². The minimum atomic E-state index is -5.06. The second kappa shape index (κ2) is 48.8. The van der Waals surface area contributed by atoms with E-state index in [4.69, 9.17) is 18.5 Å². The lowest BCUT2D eigenvalue weighted by atomic mass is 9.85. The highest BCUT2D eigenvalue weighted by atomic mass is 31.2. The van der Waals surface area contributed by atoms with E-state index in [0.717, 1.165) is 109 Å². The first-order valence-electron chi connectivity index (χ1n) is 27.7. The van der Waals surface area contributed by atoms with Crippen molar-refractivity contribution < 1.29 is 58.3 Å². The van der Waals surface area contributed by atoms with Crippen LogP contribution in [0.25, 0.3) is 0 Å². The fraction of sp³-hybridized carbons (Fsp3) is 0.590. The van der Waals surface area contributed by atoms with Crippen LogP contribution in [0.2, 0.25) is 0 Å². The third kappa shape index (κ3) is 39.6. The summed E-state index contributed by atoms with van der Waals surface area (Å²) in [5.74, 6) is -0.544. The molecule has 0 amide bonds. The molecular weight excluding hydrogens is 956 g/mol. The zero-order valence-electron chi connectivity index (χ0n) is 45.1. The molecule has 0 aromatic carbocycles. The largest absolute Gasteiger partial charge is 0.472 e. The molecule has 1 aliphatic rings. The Morgan fingerprint density at radius 2 is 0.757 bits per heavy atom. The predicted molar refractivity (Wildman–Crippen MR) is 303 cm³/mol. The molecule has 0 aromatic rings. The Kier molecular flexibility index (Phi) is 45.0. The molecule has 0 heterocycles. The van der Waals surface area contributed by atoms with Gasteiger partial charge in [0, 0.05) is 13.0 Å².